The maximum absolute atomic E-state index is 2.19. The van der Waals surface area contributed by atoms with E-state index >= 15 is 0 Å². The molecule has 0 aliphatic heterocycles. The molecule has 0 saturated carbocycles. The molecule has 0 nitrogen and oxygen atoms in total. The summed E-state index contributed by atoms with van der Waals surface area (Å²) in [5, 5.41) is 0. The smallest absolute Gasteiger partial charge is 0.0111 e. The maximum Gasteiger partial charge on any atom is -0.0111 e. The van der Waals surface area contributed by atoms with E-state index in [-0.39, 0.29) is 0 Å². The number of aryl methyl sites for hydroxylation is 1. The Kier molecular flexibility index (Phi) is 4.85. The molecule has 0 aliphatic carbocycles. The molecule has 0 radical (unpaired) electrons. The van der Waals surface area contributed by atoms with E-state index in [1.807, 2.05) is 6.07 Å². The van der Waals surface area contributed by atoms with Gasteiger partial charge in [0.25, 0.3) is 0 Å². The molecule has 0 heterocycles. The maximum atomic E-state index is 2.19. The van der Waals surface area contributed by atoms with Crippen LogP contribution in [0.2, 0.25) is 0 Å². The molecule has 23 heavy (non-hydrogen) atoms. The second-order valence-corrected chi connectivity index (χ2v) is 5.58. The van der Waals surface area contributed by atoms with Gasteiger partial charge in [-0.25, -0.2) is 0 Å². The van der Waals surface area contributed by atoms with Crippen molar-refractivity contribution < 1.29 is 0 Å². The van der Waals surface area contributed by atoms with Crippen LogP contribution in [0.15, 0.2) is 97.1 Å². The normalized spacial score (nSPS) is 11.8. The van der Waals surface area contributed by atoms with Crippen molar-refractivity contribution in [2.45, 2.75) is 6.92 Å². The van der Waals surface area contributed by atoms with Crippen molar-refractivity contribution in [3.8, 4) is 0 Å². The highest BCUT2D eigenvalue weighted by atomic mass is 14.1. The van der Waals surface area contributed by atoms with Crippen LogP contribution in [0.5, 0.6) is 0 Å². The highest BCUT2D eigenvalue weighted by Gasteiger charge is 2.03. The molecule has 0 fully saturated rings. The van der Waals surface area contributed by atoms with Crippen molar-refractivity contribution in [3.63, 3.8) is 0 Å². The average molecular weight is 296 g/mol. The Bertz CT molecular complexity index is 792. The molecule has 0 aliphatic rings. The largest absolute Gasteiger partial charge is 0.0622 e. The van der Waals surface area contributed by atoms with E-state index in [1.54, 1.807) is 0 Å². The third kappa shape index (κ3) is 4.08. The molecule has 0 unspecified atom stereocenters. The van der Waals surface area contributed by atoms with Crippen LogP contribution in [-0.4, -0.2) is 0 Å². The molecule has 112 valence electrons. The van der Waals surface area contributed by atoms with E-state index in [4.69, 9.17) is 0 Å². The zero-order valence-corrected chi connectivity index (χ0v) is 13.3. The van der Waals surface area contributed by atoms with Crippen molar-refractivity contribution in [2.75, 3.05) is 0 Å². The van der Waals surface area contributed by atoms with Gasteiger partial charge in [0.15, 0.2) is 0 Å². The second kappa shape index (κ2) is 7.42. The third-order valence-electron chi connectivity index (χ3n) is 3.80. The molecule has 0 aromatic heterocycles. The molecule has 0 N–H and O–H groups in total. The Morgan fingerprint density at radius 1 is 0.652 bits per heavy atom. The fourth-order valence-corrected chi connectivity index (χ4v) is 2.53. The zero-order chi connectivity index (χ0) is 15.9. The molecule has 3 aromatic rings. The molecule has 0 spiro atoms. The average Bonchev–Trinajstić information content (AvgIpc) is 2.61. The number of allylic oxidation sites excluding steroid dienone is 2. The summed E-state index contributed by atoms with van der Waals surface area (Å²) >= 11 is 0. The van der Waals surface area contributed by atoms with Gasteiger partial charge in [-0.05, 0) is 29.2 Å². The van der Waals surface area contributed by atoms with Gasteiger partial charge in [0.1, 0.15) is 0 Å². The predicted octanol–water partition coefficient (Wildman–Crippen LogP) is 6.14. The van der Waals surface area contributed by atoms with Gasteiger partial charge >= 0.3 is 0 Å². The third-order valence-corrected chi connectivity index (χ3v) is 3.80. The summed E-state index contributed by atoms with van der Waals surface area (Å²) < 4.78 is 0. The predicted molar refractivity (Wildman–Crippen MR) is 100 cm³/mol. The summed E-state index contributed by atoms with van der Waals surface area (Å²) in [6.45, 7) is 2.12. The molecular weight excluding hydrogens is 276 g/mol. The highest BCUT2D eigenvalue weighted by molar-refractivity contribution is 5.81. The van der Waals surface area contributed by atoms with Gasteiger partial charge < -0.3 is 0 Å². The van der Waals surface area contributed by atoms with Crippen molar-refractivity contribution in [1.82, 2.24) is 0 Å². The first-order valence-electron chi connectivity index (χ1n) is 7.89. The van der Waals surface area contributed by atoms with Crippen molar-refractivity contribution in [3.05, 3.63) is 119 Å². The van der Waals surface area contributed by atoms with Crippen LogP contribution in [0.25, 0.3) is 11.6 Å². The van der Waals surface area contributed by atoms with E-state index in [9.17, 15) is 0 Å². The van der Waals surface area contributed by atoms with Crippen LogP contribution in [0, 0.1) is 6.92 Å². The molecule has 0 amide bonds. The van der Waals surface area contributed by atoms with Crippen LogP contribution in [-0.2, 0) is 0 Å². The summed E-state index contributed by atoms with van der Waals surface area (Å²) in [6, 6.07) is 29.6. The van der Waals surface area contributed by atoms with Crippen LogP contribution >= 0.6 is 0 Å². The Balaban J connectivity index is 1.97. The molecule has 0 heteroatoms. The van der Waals surface area contributed by atoms with Crippen LogP contribution in [0.1, 0.15) is 22.3 Å². The van der Waals surface area contributed by atoms with E-state index < -0.39 is 0 Å². The minimum atomic E-state index is 1.21. The van der Waals surface area contributed by atoms with E-state index in [1.165, 1.54) is 27.8 Å². The van der Waals surface area contributed by atoms with Crippen molar-refractivity contribution in [2.24, 2.45) is 0 Å². The fourth-order valence-electron chi connectivity index (χ4n) is 2.53. The Labute approximate surface area is 138 Å². The number of benzene rings is 3. The topological polar surface area (TPSA) is 0 Å². The Morgan fingerprint density at radius 2 is 1.22 bits per heavy atom. The summed E-state index contributed by atoms with van der Waals surface area (Å²) in [5.41, 5.74) is 6.19. The summed E-state index contributed by atoms with van der Waals surface area (Å²) in [6.07, 6.45) is 6.45. The monoisotopic (exact) mass is 296 g/mol. The Morgan fingerprint density at radius 3 is 1.87 bits per heavy atom. The zero-order valence-electron chi connectivity index (χ0n) is 13.3. The van der Waals surface area contributed by atoms with Crippen LogP contribution < -0.4 is 0 Å². The van der Waals surface area contributed by atoms with Gasteiger partial charge in [-0.2, -0.15) is 0 Å². The van der Waals surface area contributed by atoms with Gasteiger partial charge in [-0.15, -0.1) is 0 Å². The summed E-state index contributed by atoms with van der Waals surface area (Å²) in [5.74, 6) is 0. The fraction of sp³-hybridized carbons (Fsp3) is 0.0435. The molecule has 0 bridgehead atoms. The van der Waals surface area contributed by atoms with Gasteiger partial charge in [0.05, 0.1) is 0 Å². The highest BCUT2D eigenvalue weighted by Crippen LogP contribution is 2.24. The van der Waals surface area contributed by atoms with Crippen molar-refractivity contribution in [1.29, 1.82) is 0 Å². The molecule has 3 rings (SSSR count). The second-order valence-electron chi connectivity index (χ2n) is 5.58. The molecular formula is C23H20. The standard InChI is InChI=1S/C23H20/c1-19-15-17-22(18-16-19)23(21-12-6-3-7-13-21)14-8-11-20-9-4-2-5-10-20/h2-18H,1H3/b11-8+,23-14+. The number of rotatable bonds is 4. The van der Waals surface area contributed by atoms with Gasteiger partial charge in [0, 0.05) is 0 Å². The molecule has 0 saturated heterocycles. The van der Waals surface area contributed by atoms with Crippen LogP contribution in [0.3, 0.4) is 0 Å². The summed E-state index contributed by atoms with van der Waals surface area (Å²) in [7, 11) is 0. The molecule has 0 atom stereocenters. The minimum Gasteiger partial charge on any atom is -0.0622 e. The Hall–Kier alpha value is -2.86. The lowest BCUT2D eigenvalue weighted by molar-refractivity contribution is 1.44. The lowest BCUT2D eigenvalue weighted by Crippen LogP contribution is -1.87. The van der Waals surface area contributed by atoms with Gasteiger partial charge in [-0.1, -0.05) is 109 Å². The minimum absolute atomic E-state index is 1.21. The van der Waals surface area contributed by atoms with E-state index in [0.717, 1.165) is 0 Å². The lowest BCUT2D eigenvalue weighted by Gasteiger charge is -2.08. The lowest BCUT2D eigenvalue weighted by atomic mass is 9.96. The van der Waals surface area contributed by atoms with Gasteiger partial charge in [-0.3, -0.25) is 0 Å². The van der Waals surface area contributed by atoms with E-state index in [0.29, 0.717) is 0 Å². The van der Waals surface area contributed by atoms with E-state index in [2.05, 4.69) is 104 Å². The first kappa shape index (κ1) is 15.1. The quantitative estimate of drug-likeness (QED) is 0.507. The first-order chi connectivity index (χ1) is 11.3. The van der Waals surface area contributed by atoms with Crippen LogP contribution in [0.4, 0.5) is 0 Å². The van der Waals surface area contributed by atoms with Gasteiger partial charge in [0.2, 0.25) is 0 Å². The SMILES string of the molecule is Cc1ccc(/C(=C/C=C/c2ccccc2)c2ccccc2)cc1. The number of hydrogen-bond donors (Lipinski definition) is 0. The summed E-state index contributed by atoms with van der Waals surface area (Å²) in [4.78, 5) is 0. The molecule has 3 aromatic carbocycles. The number of hydrogen-bond acceptors (Lipinski definition) is 0. The first-order valence-corrected chi connectivity index (χ1v) is 7.89. The van der Waals surface area contributed by atoms with Crippen molar-refractivity contribution >= 4 is 11.6 Å².